The number of nitrogens with one attached hydrogen (secondary N) is 1. The Labute approximate surface area is 158 Å². The lowest BCUT2D eigenvalue weighted by molar-refractivity contribution is 0.102. The third kappa shape index (κ3) is 3.30. The normalized spacial score (nSPS) is 15.6. The Balaban J connectivity index is 1.74. The molecule has 5 nitrogen and oxygen atoms in total. The molecule has 1 N–H and O–H groups in total. The lowest BCUT2D eigenvalue weighted by Crippen LogP contribution is -2.17. The van der Waals surface area contributed by atoms with Crippen LogP contribution in [0.5, 0.6) is 0 Å². The number of hydrogen-bond acceptors (Lipinski definition) is 3. The molecule has 2 aromatic carbocycles. The number of benzene rings is 2. The Bertz CT molecular complexity index is 1070. The van der Waals surface area contributed by atoms with Gasteiger partial charge in [-0.3, -0.25) is 9.00 Å². The number of hydrogen-bond donors (Lipinski definition) is 1. The lowest BCUT2D eigenvalue weighted by atomic mass is 10.1. The third-order valence-corrected chi connectivity index (χ3v) is 5.95. The van der Waals surface area contributed by atoms with Crippen molar-refractivity contribution in [2.45, 2.75) is 25.4 Å². The molecule has 3 aromatic rings. The van der Waals surface area contributed by atoms with Gasteiger partial charge in [0.1, 0.15) is 11.6 Å². The number of nitrogens with zero attached hydrogens (tertiary/aromatic N) is 2. The fourth-order valence-corrected chi connectivity index (χ4v) is 4.35. The number of carbonyl (C=O) groups excluding carboxylic acids is 1. The first-order valence-corrected chi connectivity index (χ1v) is 10.0. The molecule has 0 saturated heterocycles. The van der Waals surface area contributed by atoms with E-state index in [1.165, 1.54) is 12.1 Å². The van der Waals surface area contributed by atoms with E-state index in [0.717, 1.165) is 16.7 Å². The molecule has 0 aliphatic carbocycles. The molecule has 138 valence electrons. The van der Waals surface area contributed by atoms with E-state index in [9.17, 15) is 13.4 Å². The van der Waals surface area contributed by atoms with E-state index in [-0.39, 0.29) is 11.7 Å². The highest BCUT2D eigenvalue weighted by atomic mass is 32.2. The predicted molar refractivity (Wildman–Crippen MR) is 103 cm³/mol. The van der Waals surface area contributed by atoms with Gasteiger partial charge in [-0.25, -0.2) is 9.07 Å². The van der Waals surface area contributed by atoms with Crippen LogP contribution < -0.4 is 5.32 Å². The van der Waals surface area contributed by atoms with E-state index in [0.29, 0.717) is 34.3 Å². The minimum atomic E-state index is -1.02. The Morgan fingerprint density at radius 2 is 1.85 bits per heavy atom. The quantitative estimate of drug-likeness (QED) is 0.751. The summed E-state index contributed by atoms with van der Waals surface area (Å²) in [5.41, 5.74) is 4.79. The van der Waals surface area contributed by atoms with Crippen molar-refractivity contribution >= 4 is 22.5 Å². The molecular weight excluding hydrogens is 365 g/mol. The van der Waals surface area contributed by atoms with Gasteiger partial charge < -0.3 is 5.32 Å². The molecule has 1 aliphatic rings. The van der Waals surface area contributed by atoms with Crippen LogP contribution in [-0.4, -0.2) is 19.9 Å². The summed E-state index contributed by atoms with van der Waals surface area (Å²) in [5.74, 6) is 0.586. The Kier molecular flexibility index (Phi) is 4.39. The Morgan fingerprint density at radius 1 is 1.11 bits per heavy atom. The summed E-state index contributed by atoms with van der Waals surface area (Å²) in [6.07, 6.45) is 0. The molecule has 0 spiro atoms. The molecule has 1 aliphatic heterocycles. The van der Waals surface area contributed by atoms with E-state index >= 15 is 0 Å². The molecule has 4 rings (SSSR count). The second-order valence-corrected chi connectivity index (χ2v) is 8.10. The van der Waals surface area contributed by atoms with Gasteiger partial charge in [-0.1, -0.05) is 6.07 Å². The first-order chi connectivity index (χ1) is 12.9. The zero-order valence-electron chi connectivity index (χ0n) is 15.0. The highest BCUT2D eigenvalue weighted by Gasteiger charge is 2.28. The van der Waals surface area contributed by atoms with Gasteiger partial charge in [0, 0.05) is 21.9 Å². The van der Waals surface area contributed by atoms with Crippen molar-refractivity contribution in [2.75, 3.05) is 5.32 Å². The van der Waals surface area contributed by atoms with Crippen molar-refractivity contribution < 1.29 is 13.4 Å². The van der Waals surface area contributed by atoms with Crippen LogP contribution in [0.25, 0.3) is 5.69 Å². The molecule has 0 saturated carbocycles. The molecule has 2 heterocycles. The van der Waals surface area contributed by atoms with Crippen LogP contribution in [0.2, 0.25) is 0 Å². The average Bonchev–Trinajstić information content (AvgIpc) is 3.15. The molecule has 1 aromatic heterocycles. The van der Waals surface area contributed by atoms with Crippen molar-refractivity contribution in [3.05, 3.63) is 76.2 Å². The molecule has 1 atom stereocenters. The van der Waals surface area contributed by atoms with Gasteiger partial charge >= 0.3 is 0 Å². The molecule has 0 bridgehead atoms. The summed E-state index contributed by atoms with van der Waals surface area (Å²) >= 11 is 0. The fraction of sp³-hybridized carbons (Fsp3) is 0.200. The van der Waals surface area contributed by atoms with Gasteiger partial charge in [0.25, 0.3) is 5.91 Å². The fourth-order valence-electron chi connectivity index (χ4n) is 3.09. The highest BCUT2D eigenvalue weighted by molar-refractivity contribution is 7.83. The average molecular weight is 383 g/mol. The van der Waals surface area contributed by atoms with Crippen molar-refractivity contribution in [3.63, 3.8) is 0 Å². The maximum absolute atomic E-state index is 13.3. The standard InChI is InChI=1S/C20H18FN3O2S/c1-12-3-4-14(9-13(12)2)20(25)22-19-17-10-27(26)11-18(17)23-24(19)16-7-5-15(21)6-8-16/h3-9H,10-11H2,1-2H3,(H,22,25)/t27-/m1/s1. The largest absolute Gasteiger partial charge is 0.306 e. The van der Waals surface area contributed by atoms with Gasteiger partial charge in [0.15, 0.2) is 0 Å². The number of halogens is 1. The molecule has 0 fully saturated rings. The first-order valence-electron chi connectivity index (χ1n) is 8.52. The zero-order chi connectivity index (χ0) is 19.1. The Hall–Kier alpha value is -2.80. The monoisotopic (exact) mass is 383 g/mol. The van der Waals surface area contributed by atoms with Crippen LogP contribution >= 0.6 is 0 Å². The zero-order valence-corrected chi connectivity index (χ0v) is 15.8. The maximum Gasteiger partial charge on any atom is 0.256 e. The minimum absolute atomic E-state index is 0.262. The maximum atomic E-state index is 13.3. The summed E-state index contributed by atoms with van der Waals surface area (Å²) in [5, 5.41) is 7.43. The Morgan fingerprint density at radius 3 is 2.56 bits per heavy atom. The van der Waals surface area contributed by atoms with E-state index < -0.39 is 10.8 Å². The van der Waals surface area contributed by atoms with E-state index in [1.807, 2.05) is 26.0 Å². The van der Waals surface area contributed by atoms with Gasteiger partial charge in [-0.05, 0) is 61.4 Å². The van der Waals surface area contributed by atoms with Crippen LogP contribution in [-0.2, 0) is 22.3 Å². The van der Waals surface area contributed by atoms with E-state index in [4.69, 9.17) is 0 Å². The van der Waals surface area contributed by atoms with Gasteiger partial charge in [0.05, 0.1) is 22.9 Å². The van der Waals surface area contributed by atoms with Gasteiger partial charge in [-0.2, -0.15) is 5.10 Å². The summed E-state index contributed by atoms with van der Waals surface area (Å²) in [6, 6.07) is 11.4. The van der Waals surface area contributed by atoms with Gasteiger partial charge in [0.2, 0.25) is 0 Å². The van der Waals surface area contributed by atoms with Crippen molar-refractivity contribution in [3.8, 4) is 5.69 Å². The topological polar surface area (TPSA) is 64.0 Å². The van der Waals surface area contributed by atoms with Crippen molar-refractivity contribution in [2.24, 2.45) is 0 Å². The van der Waals surface area contributed by atoms with E-state index in [1.54, 1.807) is 22.9 Å². The van der Waals surface area contributed by atoms with Crippen LogP contribution in [0.1, 0.15) is 32.7 Å². The second-order valence-electron chi connectivity index (χ2n) is 6.64. The first kappa shape index (κ1) is 17.6. The minimum Gasteiger partial charge on any atom is -0.306 e. The number of amides is 1. The number of aromatic nitrogens is 2. The van der Waals surface area contributed by atoms with Crippen LogP contribution in [0.3, 0.4) is 0 Å². The van der Waals surface area contributed by atoms with Crippen LogP contribution in [0.15, 0.2) is 42.5 Å². The SMILES string of the molecule is Cc1ccc(C(=O)Nc2c3c(nn2-c2ccc(F)cc2)C[S@](=O)C3)cc1C. The van der Waals surface area contributed by atoms with Crippen LogP contribution in [0, 0.1) is 19.7 Å². The molecule has 1 amide bonds. The molecular formula is C20H18FN3O2S. The number of fused-ring (bicyclic) bond motifs is 1. The predicted octanol–water partition coefficient (Wildman–Crippen LogP) is 3.64. The summed E-state index contributed by atoms with van der Waals surface area (Å²) in [6.45, 7) is 3.94. The number of anilines is 1. The smallest absolute Gasteiger partial charge is 0.256 e. The van der Waals surface area contributed by atoms with E-state index in [2.05, 4.69) is 10.4 Å². The number of rotatable bonds is 3. The lowest BCUT2D eigenvalue weighted by Gasteiger charge is -2.12. The number of aryl methyl sites for hydroxylation is 2. The summed E-state index contributed by atoms with van der Waals surface area (Å²) in [4.78, 5) is 12.8. The van der Waals surface area contributed by atoms with Crippen molar-refractivity contribution in [1.82, 2.24) is 9.78 Å². The van der Waals surface area contributed by atoms with Crippen molar-refractivity contribution in [1.29, 1.82) is 0 Å². The molecule has 0 unspecified atom stereocenters. The number of carbonyl (C=O) groups is 1. The third-order valence-electron chi connectivity index (χ3n) is 4.74. The molecule has 27 heavy (non-hydrogen) atoms. The van der Waals surface area contributed by atoms with Crippen LogP contribution in [0.4, 0.5) is 10.2 Å². The second kappa shape index (κ2) is 6.74. The molecule has 7 heteroatoms. The summed E-state index contributed by atoms with van der Waals surface area (Å²) < 4.78 is 26.8. The molecule has 0 radical (unpaired) electrons. The van der Waals surface area contributed by atoms with Gasteiger partial charge in [-0.15, -0.1) is 0 Å². The summed E-state index contributed by atoms with van der Waals surface area (Å²) in [7, 11) is -1.02. The highest BCUT2D eigenvalue weighted by Crippen LogP contribution is 2.31.